The second kappa shape index (κ2) is 6.89. The topological polar surface area (TPSA) is 89.0 Å². The van der Waals surface area contributed by atoms with Crippen molar-refractivity contribution in [2.24, 2.45) is 0 Å². The van der Waals surface area contributed by atoms with Gasteiger partial charge in [0, 0.05) is 29.4 Å². The molecule has 3 rings (SSSR count). The maximum absolute atomic E-state index is 11.4. The summed E-state index contributed by atoms with van der Waals surface area (Å²) < 4.78 is 9.89. The zero-order valence-corrected chi connectivity index (χ0v) is 13.4. The molecule has 0 bridgehead atoms. The van der Waals surface area contributed by atoms with Crippen molar-refractivity contribution >= 4 is 29.0 Å². The zero-order chi connectivity index (χ0) is 16.9. The molecule has 3 aromatic rings. The summed E-state index contributed by atoms with van der Waals surface area (Å²) in [6, 6.07) is 7.32. The number of ether oxygens (including phenoxy) is 1. The summed E-state index contributed by atoms with van der Waals surface area (Å²) in [7, 11) is 1.29. The number of aromatic nitrogens is 2. The van der Waals surface area contributed by atoms with Crippen LogP contribution in [-0.2, 0) is 4.74 Å². The Balaban J connectivity index is 1.90. The fourth-order valence-corrected chi connectivity index (χ4v) is 2.78. The summed E-state index contributed by atoms with van der Waals surface area (Å²) >= 11 is 1.36. The molecule has 7 heteroatoms. The highest BCUT2D eigenvalue weighted by Gasteiger charge is 2.12. The molecule has 0 aliphatic rings. The first-order chi connectivity index (χ1) is 11.7. The number of rotatable bonds is 4. The van der Waals surface area contributed by atoms with E-state index in [0.29, 0.717) is 16.3 Å². The van der Waals surface area contributed by atoms with E-state index >= 15 is 0 Å². The predicted molar refractivity (Wildman–Crippen MR) is 88.9 cm³/mol. The molecule has 0 aliphatic carbocycles. The average Bonchev–Trinajstić information content (AvgIpc) is 3.29. The Morgan fingerprint density at radius 3 is 2.92 bits per heavy atom. The van der Waals surface area contributed by atoms with Crippen LogP contribution in [-0.4, -0.2) is 23.0 Å². The third-order valence-corrected chi connectivity index (χ3v) is 4.03. The lowest BCUT2D eigenvalue weighted by atomic mass is 10.2. The van der Waals surface area contributed by atoms with Gasteiger partial charge in [0.15, 0.2) is 0 Å². The first-order valence-electron chi connectivity index (χ1n) is 6.86. The fourth-order valence-electron chi connectivity index (χ4n) is 1.99. The molecule has 3 aromatic heterocycles. The number of thiazole rings is 1. The molecule has 0 aliphatic heterocycles. The van der Waals surface area contributed by atoms with Gasteiger partial charge in [-0.05, 0) is 18.2 Å². The van der Waals surface area contributed by atoms with Crippen molar-refractivity contribution < 1.29 is 13.9 Å². The van der Waals surface area contributed by atoms with Crippen LogP contribution in [0.1, 0.15) is 21.1 Å². The summed E-state index contributed by atoms with van der Waals surface area (Å²) in [6.45, 7) is 0. The first-order valence-corrected chi connectivity index (χ1v) is 7.74. The monoisotopic (exact) mass is 337 g/mol. The summed E-state index contributed by atoms with van der Waals surface area (Å²) in [5.41, 5.74) is 2.34. The molecule has 0 saturated heterocycles. The Labute approximate surface area is 141 Å². The lowest BCUT2D eigenvalue weighted by Crippen LogP contribution is -1.98. The third kappa shape index (κ3) is 3.24. The van der Waals surface area contributed by atoms with E-state index in [9.17, 15) is 10.1 Å². The van der Waals surface area contributed by atoms with Crippen LogP contribution in [0.4, 0.5) is 0 Å². The van der Waals surface area contributed by atoms with Gasteiger partial charge >= 0.3 is 5.97 Å². The summed E-state index contributed by atoms with van der Waals surface area (Å²) in [5.74, 6) is -0.112. The second-order valence-corrected chi connectivity index (χ2v) is 5.53. The first kappa shape index (κ1) is 15.6. The van der Waals surface area contributed by atoms with Crippen LogP contribution >= 0.6 is 11.3 Å². The van der Waals surface area contributed by atoms with Gasteiger partial charge in [0.2, 0.25) is 0 Å². The molecule has 0 unspecified atom stereocenters. The average molecular weight is 337 g/mol. The molecule has 0 N–H and O–H groups in total. The second-order valence-electron chi connectivity index (χ2n) is 4.67. The number of hydrogen-bond acceptors (Lipinski definition) is 7. The number of carbonyl (C=O) groups excluding carboxylic acids is 1. The normalized spacial score (nSPS) is 11.1. The van der Waals surface area contributed by atoms with E-state index in [-0.39, 0.29) is 5.56 Å². The molecule has 0 fully saturated rings. The van der Waals surface area contributed by atoms with Crippen LogP contribution in [0.25, 0.3) is 22.9 Å². The minimum Gasteiger partial charge on any atom is -0.465 e. The fraction of sp³-hybridized carbons (Fsp3) is 0.0588. The summed E-state index contributed by atoms with van der Waals surface area (Å²) in [6.07, 6.45) is 6.21. The van der Waals surface area contributed by atoms with Crippen LogP contribution in [0.3, 0.4) is 0 Å². The van der Waals surface area contributed by atoms with Gasteiger partial charge in [0.05, 0.1) is 23.9 Å². The number of furan rings is 1. The molecule has 24 heavy (non-hydrogen) atoms. The highest BCUT2D eigenvalue weighted by atomic mass is 32.1. The molecule has 0 saturated carbocycles. The van der Waals surface area contributed by atoms with Crippen molar-refractivity contribution in [2.75, 3.05) is 7.11 Å². The number of pyridine rings is 1. The predicted octanol–water partition coefficient (Wildman–Crippen LogP) is 3.65. The van der Waals surface area contributed by atoms with Crippen molar-refractivity contribution in [3.05, 3.63) is 58.6 Å². The van der Waals surface area contributed by atoms with E-state index in [4.69, 9.17) is 4.42 Å². The van der Waals surface area contributed by atoms with Crippen LogP contribution in [0, 0.1) is 11.3 Å². The smallest absolute Gasteiger partial charge is 0.341 e. The molecular weight excluding hydrogens is 326 g/mol. The molecule has 118 valence electrons. The molecule has 3 heterocycles. The Hall–Kier alpha value is -3.24. The van der Waals surface area contributed by atoms with Gasteiger partial charge in [-0.25, -0.2) is 9.78 Å². The van der Waals surface area contributed by atoms with Crippen LogP contribution in [0.15, 0.2) is 46.7 Å². The van der Waals surface area contributed by atoms with Crippen molar-refractivity contribution in [1.82, 2.24) is 9.97 Å². The number of carbonyl (C=O) groups is 1. The molecule has 0 atom stereocenters. The molecule has 6 nitrogen and oxygen atoms in total. The lowest BCUT2D eigenvalue weighted by molar-refractivity contribution is 0.0600. The van der Waals surface area contributed by atoms with E-state index in [1.807, 2.05) is 17.5 Å². The molecule has 0 amide bonds. The van der Waals surface area contributed by atoms with Crippen molar-refractivity contribution in [3.8, 4) is 17.3 Å². The van der Waals surface area contributed by atoms with Gasteiger partial charge in [-0.15, -0.1) is 11.3 Å². The third-order valence-electron chi connectivity index (χ3n) is 3.16. The van der Waals surface area contributed by atoms with E-state index < -0.39 is 5.97 Å². The van der Waals surface area contributed by atoms with E-state index in [1.54, 1.807) is 18.5 Å². The van der Waals surface area contributed by atoms with Gasteiger partial charge in [-0.2, -0.15) is 5.26 Å². The minimum absolute atomic E-state index is 0.289. The van der Waals surface area contributed by atoms with E-state index in [2.05, 4.69) is 20.8 Å². The lowest BCUT2D eigenvalue weighted by Gasteiger charge is -1.94. The Morgan fingerprint density at radius 1 is 1.42 bits per heavy atom. The zero-order valence-electron chi connectivity index (χ0n) is 12.6. The van der Waals surface area contributed by atoms with Gasteiger partial charge in [-0.1, -0.05) is 0 Å². The van der Waals surface area contributed by atoms with Gasteiger partial charge in [-0.3, -0.25) is 4.98 Å². The number of methoxy groups -OCH3 is 1. The van der Waals surface area contributed by atoms with Crippen molar-refractivity contribution in [1.29, 1.82) is 5.26 Å². The summed E-state index contributed by atoms with van der Waals surface area (Å²) in [4.78, 5) is 19.9. The van der Waals surface area contributed by atoms with Gasteiger partial charge in [0.1, 0.15) is 23.1 Å². The maximum atomic E-state index is 11.4. The number of hydrogen-bond donors (Lipinski definition) is 0. The van der Waals surface area contributed by atoms with Gasteiger partial charge in [0.25, 0.3) is 0 Å². The molecular formula is C17H11N3O3S. The van der Waals surface area contributed by atoms with Crippen molar-refractivity contribution in [2.45, 2.75) is 0 Å². The van der Waals surface area contributed by atoms with Crippen LogP contribution in [0.5, 0.6) is 0 Å². The number of nitriles is 1. The number of allylic oxidation sites excluding steroid dienone is 1. The number of esters is 1. The molecule has 0 aromatic carbocycles. The van der Waals surface area contributed by atoms with E-state index in [1.165, 1.54) is 30.8 Å². The number of nitrogens with zero attached hydrogens (tertiary/aromatic N) is 3. The largest absolute Gasteiger partial charge is 0.465 e. The van der Waals surface area contributed by atoms with E-state index in [0.717, 1.165) is 11.3 Å². The summed E-state index contributed by atoms with van der Waals surface area (Å²) in [5, 5.41) is 11.8. The van der Waals surface area contributed by atoms with Crippen LogP contribution in [0.2, 0.25) is 0 Å². The molecule has 0 spiro atoms. The SMILES string of the molecule is COC(=O)c1coc(/C=C(\C#N)c2nc(-c3ccncc3)cs2)c1. The Morgan fingerprint density at radius 2 is 2.21 bits per heavy atom. The highest BCUT2D eigenvalue weighted by Crippen LogP contribution is 2.27. The minimum atomic E-state index is -0.494. The Bertz CT molecular complexity index is 935. The highest BCUT2D eigenvalue weighted by molar-refractivity contribution is 7.11. The van der Waals surface area contributed by atoms with Crippen LogP contribution < -0.4 is 0 Å². The molecule has 0 radical (unpaired) electrons. The Kier molecular flexibility index (Phi) is 4.50. The maximum Gasteiger partial charge on any atom is 0.341 e. The standard InChI is InChI=1S/C17H11N3O3S/c1-22-17(21)13-7-14(23-9-13)6-12(8-18)16-20-15(10-24-16)11-2-4-19-5-3-11/h2-7,9-10H,1H3/b12-6+. The van der Waals surface area contributed by atoms with Crippen molar-refractivity contribution in [3.63, 3.8) is 0 Å². The van der Waals surface area contributed by atoms with Gasteiger partial charge < -0.3 is 9.15 Å². The quantitative estimate of drug-likeness (QED) is 0.533.